The molecule has 3 heterocycles. The van der Waals surface area contributed by atoms with Gasteiger partial charge in [0.15, 0.2) is 0 Å². The topological polar surface area (TPSA) is 90.9 Å². The number of piperazine rings is 2. The smallest absolute Gasteiger partial charge is 0.246 e. The van der Waals surface area contributed by atoms with Crippen molar-refractivity contribution in [2.24, 2.45) is 5.92 Å². The van der Waals surface area contributed by atoms with Gasteiger partial charge in [0.25, 0.3) is 0 Å². The summed E-state index contributed by atoms with van der Waals surface area (Å²) >= 11 is 0. The number of fused-ring (bicyclic) bond motifs is 2. The first-order valence-electron chi connectivity index (χ1n) is 10.2. The maximum Gasteiger partial charge on any atom is 0.246 e. The van der Waals surface area contributed by atoms with Gasteiger partial charge in [0.1, 0.15) is 17.0 Å². The molecule has 2 aliphatic rings. The number of amides is 2. The maximum absolute atomic E-state index is 13.6. The zero-order valence-corrected chi connectivity index (χ0v) is 18.2. The molecule has 0 bridgehead atoms. The van der Waals surface area contributed by atoms with E-state index in [9.17, 15) is 18.0 Å². The van der Waals surface area contributed by atoms with Gasteiger partial charge in [-0.1, -0.05) is 32.0 Å². The Morgan fingerprint density at radius 1 is 1.10 bits per heavy atom. The first kappa shape index (κ1) is 20.7. The van der Waals surface area contributed by atoms with Gasteiger partial charge in [0.2, 0.25) is 21.8 Å². The van der Waals surface area contributed by atoms with Crippen LogP contribution in [-0.2, 0) is 19.6 Å². The lowest BCUT2D eigenvalue weighted by Crippen LogP contribution is -2.69. The molecule has 160 valence electrons. The van der Waals surface area contributed by atoms with E-state index in [1.54, 1.807) is 42.3 Å². The second-order valence-corrected chi connectivity index (χ2v) is 10.2. The van der Waals surface area contributed by atoms with Gasteiger partial charge in [-0.05, 0) is 25.0 Å². The number of rotatable bonds is 4. The minimum Gasteiger partial charge on any atom is -0.339 e. The van der Waals surface area contributed by atoms with Gasteiger partial charge in [-0.25, -0.2) is 8.42 Å². The molecule has 2 saturated heterocycles. The summed E-state index contributed by atoms with van der Waals surface area (Å²) in [6, 6.07) is 6.82. The first-order valence-corrected chi connectivity index (χ1v) is 11.6. The van der Waals surface area contributed by atoms with Gasteiger partial charge in [-0.15, -0.1) is 0 Å². The minimum absolute atomic E-state index is 0.0497. The van der Waals surface area contributed by atoms with Crippen LogP contribution in [0, 0.1) is 5.92 Å². The highest BCUT2D eigenvalue weighted by molar-refractivity contribution is 7.89. The van der Waals surface area contributed by atoms with E-state index in [1.807, 2.05) is 13.8 Å². The highest BCUT2D eigenvalue weighted by atomic mass is 32.2. The summed E-state index contributed by atoms with van der Waals surface area (Å²) in [7, 11) is -4.03. The molecule has 4 rings (SSSR count). The van der Waals surface area contributed by atoms with Crippen LogP contribution >= 0.6 is 0 Å². The molecule has 0 unspecified atom stereocenters. The van der Waals surface area contributed by atoms with Crippen LogP contribution in [0.1, 0.15) is 20.8 Å². The summed E-state index contributed by atoms with van der Waals surface area (Å²) in [5.41, 5.74) is 0.360. The van der Waals surface area contributed by atoms with Gasteiger partial charge in [-0.2, -0.15) is 4.31 Å². The van der Waals surface area contributed by atoms with E-state index in [2.05, 4.69) is 4.98 Å². The molecule has 0 saturated carbocycles. The number of hydrogen-bond donors (Lipinski definition) is 0. The Morgan fingerprint density at radius 3 is 2.57 bits per heavy atom. The van der Waals surface area contributed by atoms with Crippen LogP contribution in [0.15, 0.2) is 41.4 Å². The van der Waals surface area contributed by atoms with Crippen molar-refractivity contribution < 1.29 is 18.0 Å². The lowest BCUT2D eigenvalue weighted by Gasteiger charge is -2.48. The second kappa shape index (κ2) is 7.63. The van der Waals surface area contributed by atoms with Crippen LogP contribution < -0.4 is 0 Å². The lowest BCUT2D eigenvalue weighted by atomic mass is 10.0. The van der Waals surface area contributed by atoms with E-state index in [0.29, 0.717) is 36.5 Å². The van der Waals surface area contributed by atoms with Crippen molar-refractivity contribution in [3.63, 3.8) is 0 Å². The third kappa shape index (κ3) is 3.35. The van der Waals surface area contributed by atoms with Crippen LogP contribution in [0.25, 0.3) is 10.9 Å². The number of nitrogens with zero attached hydrogens (tertiary/aromatic N) is 4. The Balaban J connectivity index is 1.72. The van der Waals surface area contributed by atoms with E-state index in [-0.39, 0.29) is 23.3 Å². The van der Waals surface area contributed by atoms with Crippen molar-refractivity contribution in [1.29, 1.82) is 0 Å². The molecule has 1 aromatic carbocycles. The summed E-state index contributed by atoms with van der Waals surface area (Å²) < 4.78 is 28.3. The molecule has 30 heavy (non-hydrogen) atoms. The zero-order chi connectivity index (χ0) is 21.6. The molecule has 2 aromatic rings. The molecule has 0 spiro atoms. The molecule has 0 aliphatic carbocycles. The number of sulfonamides is 1. The quantitative estimate of drug-likeness (QED) is 0.730. The summed E-state index contributed by atoms with van der Waals surface area (Å²) in [6.45, 7) is 7.08. The molecular weight excluding hydrogens is 404 g/mol. The van der Waals surface area contributed by atoms with Crippen LogP contribution in [0.5, 0.6) is 0 Å². The Hall–Kier alpha value is -2.52. The van der Waals surface area contributed by atoms with Gasteiger partial charge >= 0.3 is 0 Å². The molecule has 0 N–H and O–H groups in total. The van der Waals surface area contributed by atoms with Gasteiger partial charge < -0.3 is 9.80 Å². The lowest BCUT2D eigenvalue weighted by molar-refractivity contribution is -0.158. The van der Waals surface area contributed by atoms with Crippen LogP contribution in [0.2, 0.25) is 0 Å². The van der Waals surface area contributed by atoms with Crippen LogP contribution in [0.3, 0.4) is 0 Å². The number of pyridine rings is 1. The first-order chi connectivity index (χ1) is 14.2. The van der Waals surface area contributed by atoms with Crippen LogP contribution in [-0.4, -0.2) is 77.6 Å². The van der Waals surface area contributed by atoms with Gasteiger partial charge in [0, 0.05) is 37.8 Å². The van der Waals surface area contributed by atoms with Crippen molar-refractivity contribution >= 4 is 32.7 Å². The summed E-state index contributed by atoms with van der Waals surface area (Å²) in [6.07, 6.45) is 1.54. The predicted octanol–water partition coefficient (Wildman–Crippen LogP) is 1.32. The third-order valence-corrected chi connectivity index (χ3v) is 7.74. The van der Waals surface area contributed by atoms with E-state index >= 15 is 0 Å². The van der Waals surface area contributed by atoms with E-state index < -0.39 is 22.1 Å². The SMILES string of the molecule is CC(C)CN1CCN2C(=O)[C@H](C)N(S(=O)(=O)c3cccc4cccnc34)C[C@H]2C1=O. The third-order valence-electron chi connectivity index (χ3n) is 5.78. The number of aromatic nitrogens is 1. The molecule has 2 aliphatic heterocycles. The highest BCUT2D eigenvalue weighted by Gasteiger charge is 2.49. The van der Waals surface area contributed by atoms with Crippen molar-refractivity contribution in [2.45, 2.75) is 37.8 Å². The summed E-state index contributed by atoms with van der Waals surface area (Å²) in [4.78, 5) is 33.7. The van der Waals surface area contributed by atoms with E-state index in [1.165, 1.54) is 11.0 Å². The molecule has 2 fully saturated rings. The fourth-order valence-corrected chi connectivity index (χ4v) is 6.07. The predicted molar refractivity (Wildman–Crippen MR) is 112 cm³/mol. The highest BCUT2D eigenvalue weighted by Crippen LogP contribution is 2.30. The Morgan fingerprint density at radius 2 is 1.83 bits per heavy atom. The average Bonchev–Trinajstić information content (AvgIpc) is 2.71. The van der Waals surface area contributed by atoms with Gasteiger partial charge in [-0.3, -0.25) is 14.6 Å². The Bertz CT molecular complexity index is 1100. The number of para-hydroxylation sites is 1. The number of benzene rings is 1. The van der Waals surface area contributed by atoms with Crippen molar-refractivity contribution in [3.8, 4) is 0 Å². The Labute approximate surface area is 176 Å². The van der Waals surface area contributed by atoms with E-state index in [4.69, 9.17) is 0 Å². The van der Waals surface area contributed by atoms with Crippen LogP contribution in [0.4, 0.5) is 0 Å². The van der Waals surface area contributed by atoms with Crippen molar-refractivity contribution in [1.82, 2.24) is 19.1 Å². The summed E-state index contributed by atoms with van der Waals surface area (Å²) in [5, 5.41) is 0.702. The van der Waals surface area contributed by atoms with E-state index in [0.717, 1.165) is 4.31 Å². The zero-order valence-electron chi connectivity index (χ0n) is 17.4. The molecule has 9 heteroatoms. The molecule has 1 aromatic heterocycles. The van der Waals surface area contributed by atoms with Crippen molar-refractivity contribution in [2.75, 3.05) is 26.2 Å². The molecule has 2 atom stereocenters. The molecule has 0 radical (unpaired) electrons. The standard InChI is InChI=1S/C21H26N4O4S/c1-14(2)12-23-10-11-24-17(21(23)27)13-25(15(3)20(24)26)30(28,29)18-8-4-6-16-7-5-9-22-19(16)18/h4-9,14-15,17H,10-13H2,1-3H3/t15-,17-/m0/s1. The summed E-state index contributed by atoms with van der Waals surface area (Å²) in [5.74, 6) is -0.229. The second-order valence-electron chi connectivity index (χ2n) is 8.31. The molecular formula is C21H26N4O4S. The minimum atomic E-state index is -4.03. The van der Waals surface area contributed by atoms with Gasteiger partial charge in [0.05, 0.1) is 5.52 Å². The Kier molecular flexibility index (Phi) is 5.27. The monoisotopic (exact) mass is 430 g/mol. The fraction of sp³-hybridized carbons (Fsp3) is 0.476. The van der Waals surface area contributed by atoms with Crippen molar-refractivity contribution in [3.05, 3.63) is 36.5 Å². The largest absolute Gasteiger partial charge is 0.339 e. The average molecular weight is 431 g/mol. The molecule has 2 amide bonds. The molecule has 8 nitrogen and oxygen atoms in total. The maximum atomic E-state index is 13.6. The normalized spacial score (nSPS) is 23.3. The fourth-order valence-electron chi connectivity index (χ4n) is 4.31. The number of carbonyl (C=O) groups is 2. The number of carbonyl (C=O) groups excluding carboxylic acids is 2. The number of hydrogen-bond acceptors (Lipinski definition) is 5.